The predicted octanol–water partition coefficient (Wildman–Crippen LogP) is 5.21. The molecule has 1 rings (SSSR count). The number of rotatable bonds is 0. The molecule has 0 aromatic carbocycles. The molecular formula is C13H25Zr. The van der Waals surface area contributed by atoms with E-state index in [-0.39, 0.29) is 0 Å². The number of hydrogen-bond acceptors (Lipinski definition) is 0. The van der Waals surface area contributed by atoms with Gasteiger partial charge in [-0.15, -0.1) is 0 Å². The minimum atomic E-state index is -1.18. The molecule has 0 heterocycles. The van der Waals surface area contributed by atoms with Gasteiger partial charge in [0.05, 0.1) is 0 Å². The molecule has 1 radical (unpaired) electrons. The van der Waals surface area contributed by atoms with Crippen molar-refractivity contribution >= 4 is 0 Å². The molecule has 1 aliphatic carbocycles. The topological polar surface area (TPSA) is 0 Å². The van der Waals surface area contributed by atoms with Gasteiger partial charge in [-0.25, -0.2) is 0 Å². The van der Waals surface area contributed by atoms with E-state index in [0.29, 0.717) is 0 Å². The molecule has 1 aliphatic rings. The molecule has 0 N–H and O–H groups in total. The molecule has 0 aliphatic heterocycles. The molecule has 1 heteroatoms. The molecule has 0 bridgehead atoms. The van der Waals surface area contributed by atoms with Crippen molar-refractivity contribution in [2.24, 2.45) is 0 Å². The molecule has 0 amide bonds. The Labute approximate surface area is 94.9 Å². The van der Waals surface area contributed by atoms with Gasteiger partial charge in [-0.1, -0.05) is 11.1 Å². The van der Waals surface area contributed by atoms with E-state index in [9.17, 15) is 0 Å². The number of allylic oxidation sites excluding steroid dienone is 4. The van der Waals surface area contributed by atoms with E-state index < -0.39 is 20.3 Å². The van der Waals surface area contributed by atoms with E-state index in [1.165, 1.54) is 22.3 Å². The van der Waals surface area contributed by atoms with Crippen LogP contribution in [0.25, 0.3) is 0 Å². The first kappa shape index (κ1) is 14.4. The molecule has 0 aromatic rings. The van der Waals surface area contributed by atoms with Gasteiger partial charge in [0.2, 0.25) is 0 Å². The number of hydrogen-bond donors (Lipinski definition) is 0. The summed E-state index contributed by atoms with van der Waals surface area (Å²) < 4.78 is 9.59. The van der Waals surface area contributed by atoms with E-state index in [1.54, 1.807) is 0 Å². The van der Waals surface area contributed by atoms with Crippen LogP contribution in [0.15, 0.2) is 22.3 Å². The Morgan fingerprint density at radius 1 is 0.714 bits per heavy atom. The van der Waals surface area contributed by atoms with Crippen molar-refractivity contribution in [3.8, 4) is 0 Å². The van der Waals surface area contributed by atoms with Gasteiger partial charge in [-0.2, -0.15) is 0 Å². The second kappa shape index (κ2) is 5.45. The molecule has 0 aromatic heterocycles. The molecule has 0 saturated carbocycles. The third-order valence-electron chi connectivity index (χ3n) is 2.18. The van der Waals surface area contributed by atoms with E-state index in [2.05, 4.69) is 52.6 Å². The molecule has 0 spiro atoms. The standard InChI is InChI=1S/C9H13.4CH3.Zr/c1-6-5-7(2)9(4)8(6)3;;;;;/h5H,1-4H3;4*1H3;. The van der Waals surface area contributed by atoms with Crippen LogP contribution in [-0.2, 0) is 20.3 Å². The summed E-state index contributed by atoms with van der Waals surface area (Å²) in [4.78, 5) is 0. The minimum absolute atomic E-state index is 1.18. The van der Waals surface area contributed by atoms with Crippen molar-refractivity contribution in [3.63, 3.8) is 0 Å². The zero-order valence-electron chi connectivity index (χ0n) is 11.1. The molecule has 0 fully saturated rings. The summed E-state index contributed by atoms with van der Waals surface area (Å²) in [5.74, 6) is 0. The van der Waals surface area contributed by atoms with Crippen LogP contribution in [-0.4, -0.2) is 0 Å². The molecule has 0 unspecified atom stereocenters. The summed E-state index contributed by atoms with van der Waals surface area (Å²) >= 11 is -1.18. The predicted molar refractivity (Wildman–Crippen MR) is 64.5 cm³/mol. The Morgan fingerprint density at radius 3 is 1.00 bits per heavy atom. The Kier molecular flexibility index (Phi) is 5.59. The average Bonchev–Trinajstić information content (AvgIpc) is 2.14. The van der Waals surface area contributed by atoms with Crippen LogP contribution in [0.2, 0.25) is 18.5 Å². The summed E-state index contributed by atoms with van der Waals surface area (Å²) in [7, 11) is 0. The maximum absolute atomic E-state index is 2.40. The van der Waals surface area contributed by atoms with E-state index in [4.69, 9.17) is 0 Å². The summed E-state index contributed by atoms with van der Waals surface area (Å²) in [6.45, 7) is 8.68. The normalized spacial score (nSPS) is 17.1. The van der Waals surface area contributed by atoms with E-state index in [0.717, 1.165) is 0 Å². The fourth-order valence-electron chi connectivity index (χ4n) is 1.13. The van der Waals surface area contributed by atoms with Crippen LogP contribution in [0.5, 0.6) is 0 Å². The molecule has 81 valence electrons. The van der Waals surface area contributed by atoms with Crippen LogP contribution in [0, 0.1) is 6.42 Å². The quantitative estimate of drug-likeness (QED) is 0.568. The Bertz CT molecular complexity index is 233. The fraction of sp³-hybridized carbons (Fsp3) is 0.615. The molecule has 0 saturated heterocycles. The van der Waals surface area contributed by atoms with Crippen molar-refractivity contribution in [3.05, 3.63) is 28.7 Å². The van der Waals surface area contributed by atoms with Crippen LogP contribution < -0.4 is 0 Å². The van der Waals surface area contributed by atoms with E-state index >= 15 is 0 Å². The summed E-state index contributed by atoms with van der Waals surface area (Å²) in [5, 5.41) is 0. The monoisotopic (exact) mass is 271 g/mol. The van der Waals surface area contributed by atoms with Gasteiger partial charge in [0, 0.05) is 6.42 Å². The maximum atomic E-state index is 2.40. The molecule has 14 heavy (non-hydrogen) atoms. The SMILES string of the molecule is CC1=C(C)C(C)=C(C)[CH]1.[CH3][Zr]([CH3])([CH3])[CH3]. The Hall–Kier alpha value is 0.363. The van der Waals surface area contributed by atoms with Crippen LogP contribution in [0.4, 0.5) is 0 Å². The van der Waals surface area contributed by atoms with Gasteiger partial charge < -0.3 is 0 Å². The molecular weight excluding hydrogens is 247 g/mol. The third kappa shape index (κ3) is 5.96. The Balaban J connectivity index is 0.000000292. The summed E-state index contributed by atoms with van der Waals surface area (Å²) in [5.41, 5.74) is 5.75. The van der Waals surface area contributed by atoms with Gasteiger partial charge in [0.25, 0.3) is 0 Å². The fourth-order valence-corrected chi connectivity index (χ4v) is 1.13. The van der Waals surface area contributed by atoms with Crippen LogP contribution in [0.3, 0.4) is 0 Å². The Morgan fingerprint density at radius 2 is 0.929 bits per heavy atom. The van der Waals surface area contributed by atoms with Crippen LogP contribution >= 0.6 is 0 Å². The van der Waals surface area contributed by atoms with Gasteiger partial charge in [0.15, 0.2) is 0 Å². The van der Waals surface area contributed by atoms with Gasteiger partial charge in [0.1, 0.15) is 0 Å². The van der Waals surface area contributed by atoms with Crippen molar-refractivity contribution in [2.75, 3.05) is 0 Å². The molecule has 0 atom stereocenters. The van der Waals surface area contributed by atoms with Gasteiger partial charge in [-0.05, 0) is 38.8 Å². The van der Waals surface area contributed by atoms with Crippen molar-refractivity contribution in [2.45, 2.75) is 46.2 Å². The zero-order chi connectivity index (χ0) is 11.5. The molecule has 0 nitrogen and oxygen atoms in total. The van der Waals surface area contributed by atoms with E-state index in [1.807, 2.05) is 0 Å². The van der Waals surface area contributed by atoms with Crippen molar-refractivity contribution in [1.29, 1.82) is 0 Å². The average molecular weight is 273 g/mol. The second-order valence-corrected chi connectivity index (χ2v) is 20.5. The van der Waals surface area contributed by atoms with Gasteiger partial charge in [-0.3, -0.25) is 0 Å². The van der Waals surface area contributed by atoms with Crippen LogP contribution in [0.1, 0.15) is 27.7 Å². The summed E-state index contributed by atoms with van der Waals surface area (Å²) in [6.07, 6.45) is 2.24. The first-order valence-electron chi connectivity index (χ1n) is 5.33. The summed E-state index contributed by atoms with van der Waals surface area (Å²) in [6, 6.07) is 0. The zero-order valence-corrected chi connectivity index (χ0v) is 13.5. The third-order valence-corrected chi connectivity index (χ3v) is 2.18. The van der Waals surface area contributed by atoms with Gasteiger partial charge >= 0.3 is 38.8 Å². The van der Waals surface area contributed by atoms with Crippen molar-refractivity contribution in [1.82, 2.24) is 0 Å². The second-order valence-electron chi connectivity index (χ2n) is 5.76. The first-order valence-corrected chi connectivity index (χ1v) is 15.2. The first-order chi connectivity index (χ1) is 6.13. The van der Waals surface area contributed by atoms with Crippen molar-refractivity contribution < 1.29 is 20.3 Å².